The summed E-state index contributed by atoms with van der Waals surface area (Å²) in [5.41, 5.74) is 5.82. The maximum absolute atomic E-state index is 14.5. The fraction of sp³-hybridized carbons (Fsp3) is 0.320. The maximum atomic E-state index is 14.5. The van der Waals surface area contributed by atoms with Gasteiger partial charge < -0.3 is 19.5 Å². The van der Waals surface area contributed by atoms with Crippen molar-refractivity contribution in [1.29, 1.82) is 0 Å². The molecule has 1 aliphatic heterocycles. The van der Waals surface area contributed by atoms with Crippen molar-refractivity contribution in [3.8, 4) is 0 Å². The van der Waals surface area contributed by atoms with Crippen LogP contribution in [0.3, 0.4) is 0 Å². The zero-order chi connectivity index (χ0) is 22.0. The molecule has 0 saturated carbocycles. The minimum Gasteiger partial charge on any atom is -0.378 e. The number of hydrogen-bond donors (Lipinski definition) is 1. The van der Waals surface area contributed by atoms with Gasteiger partial charge in [-0.25, -0.2) is 4.39 Å². The third-order valence-corrected chi connectivity index (χ3v) is 5.83. The Labute approximate surface area is 182 Å². The monoisotopic (exact) mass is 421 g/mol. The number of halogens is 1. The van der Waals surface area contributed by atoms with Gasteiger partial charge in [0.1, 0.15) is 11.5 Å². The van der Waals surface area contributed by atoms with Crippen molar-refractivity contribution in [2.24, 2.45) is 0 Å². The van der Waals surface area contributed by atoms with Crippen LogP contribution in [-0.2, 0) is 11.3 Å². The van der Waals surface area contributed by atoms with E-state index in [1.807, 2.05) is 55.7 Å². The van der Waals surface area contributed by atoms with Gasteiger partial charge in [0.05, 0.1) is 25.4 Å². The van der Waals surface area contributed by atoms with Gasteiger partial charge in [0.25, 0.3) is 5.91 Å². The van der Waals surface area contributed by atoms with Crippen molar-refractivity contribution >= 4 is 17.3 Å². The molecule has 0 unspecified atom stereocenters. The topological polar surface area (TPSA) is 46.5 Å². The van der Waals surface area contributed by atoms with E-state index in [1.165, 1.54) is 6.07 Å². The van der Waals surface area contributed by atoms with Crippen LogP contribution in [0.1, 0.15) is 32.9 Å². The summed E-state index contributed by atoms with van der Waals surface area (Å²) >= 11 is 0. The molecule has 1 saturated heterocycles. The second kappa shape index (κ2) is 8.94. The number of carbonyl (C=O) groups is 1. The lowest BCUT2D eigenvalue weighted by atomic mass is 10.1. The van der Waals surface area contributed by atoms with Gasteiger partial charge in [0, 0.05) is 35.6 Å². The number of amides is 1. The fourth-order valence-corrected chi connectivity index (χ4v) is 4.34. The first kappa shape index (κ1) is 21.1. The summed E-state index contributed by atoms with van der Waals surface area (Å²) in [6.07, 6.45) is 0. The Bertz CT molecular complexity index is 1100. The molecule has 0 radical (unpaired) electrons. The van der Waals surface area contributed by atoms with E-state index in [-0.39, 0.29) is 11.7 Å². The Morgan fingerprint density at radius 1 is 1.06 bits per heavy atom. The molecule has 6 heteroatoms. The van der Waals surface area contributed by atoms with Crippen LogP contribution < -0.4 is 10.2 Å². The molecule has 1 amide bonds. The zero-order valence-corrected chi connectivity index (χ0v) is 18.2. The van der Waals surface area contributed by atoms with Crippen molar-refractivity contribution in [2.75, 3.05) is 36.5 Å². The van der Waals surface area contributed by atoms with E-state index in [9.17, 15) is 9.18 Å². The molecule has 1 aromatic heterocycles. The lowest BCUT2D eigenvalue weighted by molar-refractivity contribution is 0.101. The Hall–Kier alpha value is -3.12. The molecule has 1 fully saturated rings. The summed E-state index contributed by atoms with van der Waals surface area (Å²) in [5, 5.41) is 3.03. The van der Waals surface area contributed by atoms with E-state index in [1.54, 1.807) is 12.1 Å². The highest BCUT2D eigenvalue weighted by atomic mass is 19.1. The van der Waals surface area contributed by atoms with E-state index in [0.29, 0.717) is 31.0 Å². The molecule has 1 aliphatic rings. The predicted octanol–water partition coefficient (Wildman–Crippen LogP) is 4.69. The number of hydrogen-bond acceptors (Lipinski definition) is 3. The van der Waals surface area contributed by atoms with Gasteiger partial charge in [0.15, 0.2) is 0 Å². The summed E-state index contributed by atoms with van der Waals surface area (Å²) in [5.74, 6) is -0.465. The Morgan fingerprint density at radius 2 is 1.81 bits per heavy atom. The molecule has 31 heavy (non-hydrogen) atoms. The number of anilines is 2. The van der Waals surface area contributed by atoms with Crippen molar-refractivity contribution < 1.29 is 13.9 Å². The van der Waals surface area contributed by atoms with Gasteiger partial charge in [-0.05, 0) is 44.5 Å². The van der Waals surface area contributed by atoms with Crippen molar-refractivity contribution in [1.82, 2.24) is 4.57 Å². The first-order valence-corrected chi connectivity index (χ1v) is 10.6. The number of morpholine rings is 1. The Kier molecular flexibility index (Phi) is 6.09. The van der Waals surface area contributed by atoms with Gasteiger partial charge in [-0.15, -0.1) is 0 Å². The normalized spacial score (nSPS) is 14.0. The summed E-state index contributed by atoms with van der Waals surface area (Å²) < 4.78 is 21.9. The van der Waals surface area contributed by atoms with Crippen LogP contribution in [0.4, 0.5) is 15.8 Å². The second-order valence-corrected chi connectivity index (χ2v) is 8.01. The van der Waals surface area contributed by atoms with Crippen LogP contribution >= 0.6 is 0 Å². The highest BCUT2D eigenvalue weighted by Gasteiger charge is 2.27. The SMILES string of the molecule is Cc1cccc(NC(=O)c2c(C)c(N3CCOCC3)c(C)n2Cc2ccccc2F)c1. The van der Waals surface area contributed by atoms with Crippen molar-refractivity contribution in [3.63, 3.8) is 0 Å². The highest BCUT2D eigenvalue weighted by molar-refractivity contribution is 6.05. The van der Waals surface area contributed by atoms with Gasteiger partial charge in [0.2, 0.25) is 0 Å². The van der Waals surface area contributed by atoms with Crippen LogP contribution in [0.2, 0.25) is 0 Å². The van der Waals surface area contributed by atoms with E-state index in [4.69, 9.17) is 4.74 Å². The molecule has 0 aliphatic carbocycles. The van der Waals surface area contributed by atoms with Crippen LogP contribution in [0, 0.1) is 26.6 Å². The second-order valence-electron chi connectivity index (χ2n) is 8.01. The first-order valence-electron chi connectivity index (χ1n) is 10.6. The Balaban J connectivity index is 1.77. The smallest absolute Gasteiger partial charge is 0.272 e. The van der Waals surface area contributed by atoms with Gasteiger partial charge in [-0.1, -0.05) is 30.3 Å². The minimum absolute atomic E-state index is 0.193. The van der Waals surface area contributed by atoms with E-state index in [0.717, 1.165) is 41.3 Å². The molecule has 4 rings (SSSR count). The van der Waals surface area contributed by atoms with Gasteiger partial charge in [-0.2, -0.15) is 0 Å². The predicted molar refractivity (Wildman–Crippen MR) is 122 cm³/mol. The van der Waals surface area contributed by atoms with Crippen LogP contribution in [0.15, 0.2) is 48.5 Å². The highest BCUT2D eigenvalue weighted by Crippen LogP contribution is 2.33. The summed E-state index contributed by atoms with van der Waals surface area (Å²) in [6.45, 7) is 9.10. The Morgan fingerprint density at radius 3 is 2.52 bits per heavy atom. The summed E-state index contributed by atoms with van der Waals surface area (Å²) in [7, 11) is 0. The van der Waals surface area contributed by atoms with Crippen LogP contribution in [0.25, 0.3) is 0 Å². The largest absolute Gasteiger partial charge is 0.378 e. The third kappa shape index (κ3) is 4.35. The third-order valence-electron chi connectivity index (χ3n) is 5.83. The van der Waals surface area contributed by atoms with Crippen LogP contribution in [-0.4, -0.2) is 36.8 Å². The minimum atomic E-state index is -0.272. The van der Waals surface area contributed by atoms with Gasteiger partial charge >= 0.3 is 0 Å². The average Bonchev–Trinajstić information content (AvgIpc) is 3.00. The molecule has 0 bridgehead atoms. The average molecular weight is 422 g/mol. The molecule has 3 aromatic rings. The fourth-order valence-electron chi connectivity index (χ4n) is 4.34. The number of carbonyl (C=O) groups excluding carboxylic acids is 1. The molecule has 1 N–H and O–H groups in total. The number of rotatable bonds is 5. The summed E-state index contributed by atoms with van der Waals surface area (Å²) in [6, 6.07) is 14.4. The lowest BCUT2D eigenvalue weighted by Crippen LogP contribution is -2.36. The first-order chi connectivity index (χ1) is 15.0. The van der Waals surface area contributed by atoms with E-state index >= 15 is 0 Å². The quantitative estimate of drug-likeness (QED) is 0.650. The molecule has 162 valence electrons. The van der Waals surface area contributed by atoms with Crippen LogP contribution in [0.5, 0.6) is 0 Å². The maximum Gasteiger partial charge on any atom is 0.272 e. The molecule has 2 heterocycles. The molecule has 5 nitrogen and oxygen atoms in total. The zero-order valence-electron chi connectivity index (χ0n) is 18.2. The van der Waals surface area contributed by atoms with Crippen molar-refractivity contribution in [2.45, 2.75) is 27.3 Å². The van der Waals surface area contributed by atoms with E-state index < -0.39 is 0 Å². The number of nitrogens with zero attached hydrogens (tertiary/aromatic N) is 2. The number of aryl methyl sites for hydroxylation is 1. The molecular weight excluding hydrogens is 393 g/mol. The number of aromatic nitrogens is 1. The number of ether oxygens (including phenoxy) is 1. The lowest BCUT2D eigenvalue weighted by Gasteiger charge is -2.29. The van der Waals surface area contributed by atoms with E-state index in [2.05, 4.69) is 10.2 Å². The number of benzene rings is 2. The molecule has 2 aromatic carbocycles. The molecule has 0 spiro atoms. The van der Waals surface area contributed by atoms with Gasteiger partial charge in [-0.3, -0.25) is 4.79 Å². The molecular formula is C25H28FN3O2. The molecule has 0 atom stereocenters. The number of nitrogens with one attached hydrogen (secondary N) is 1. The van der Waals surface area contributed by atoms with Crippen molar-refractivity contribution in [3.05, 3.63) is 82.4 Å². The standard InChI is InChI=1S/C25H28FN3O2/c1-17-7-6-9-21(15-17)27-25(30)24-18(2)23(28-11-13-31-14-12-28)19(3)29(24)16-20-8-4-5-10-22(20)26/h4-10,15H,11-14,16H2,1-3H3,(H,27,30). The summed E-state index contributed by atoms with van der Waals surface area (Å²) in [4.78, 5) is 15.7.